The first-order valence-electron chi connectivity index (χ1n) is 15.4. The predicted octanol–water partition coefficient (Wildman–Crippen LogP) is 6.04. The van der Waals surface area contributed by atoms with Crippen molar-refractivity contribution in [2.45, 2.75) is 57.8 Å². The number of sulfonamides is 1. The number of benzene rings is 3. The molecular formula is C35H38N4O6S2. The van der Waals surface area contributed by atoms with Crippen LogP contribution in [-0.4, -0.2) is 54.7 Å². The van der Waals surface area contributed by atoms with Crippen molar-refractivity contribution in [1.82, 2.24) is 14.5 Å². The van der Waals surface area contributed by atoms with Crippen LogP contribution in [0.3, 0.4) is 0 Å². The Kier molecular flexibility index (Phi) is 10.9. The number of thiophene rings is 1. The molecule has 246 valence electrons. The van der Waals surface area contributed by atoms with Gasteiger partial charge in [-0.2, -0.15) is 4.31 Å². The summed E-state index contributed by atoms with van der Waals surface area (Å²) in [5, 5.41) is 5.44. The molecule has 2 N–H and O–H groups in total. The Bertz CT molecular complexity index is 1830. The Morgan fingerprint density at radius 3 is 2.17 bits per heavy atom. The van der Waals surface area contributed by atoms with E-state index in [0.717, 1.165) is 22.5 Å². The van der Waals surface area contributed by atoms with Gasteiger partial charge < -0.3 is 10.1 Å². The van der Waals surface area contributed by atoms with Crippen LogP contribution in [0.25, 0.3) is 0 Å². The van der Waals surface area contributed by atoms with Crippen molar-refractivity contribution in [3.05, 3.63) is 118 Å². The highest BCUT2D eigenvalue weighted by molar-refractivity contribution is 7.89. The smallest absolute Gasteiger partial charge is 0.414 e. The fourth-order valence-corrected chi connectivity index (χ4v) is 8.39. The number of amides is 3. The quantitative estimate of drug-likeness (QED) is 0.199. The molecule has 47 heavy (non-hydrogen) atoms. The van der Waals surface area contributed by atoms with Gasteiger partial charge in [0, 0.05) is 42.7 Å². The molecule has 12 heteroatoms. The van der Waals surface area contributed by atoms with Gasteiger partial charge in [-0.25, -0.2) is 13.2 Å². The minimum atomic E-state index is -3.86. The molecule has 3 aromatic carbocycles. The number of nitrogens with one attached hydrogen (secondary N) is 2. The lowest BCUT2D eigenvalue weighted by atomic mass is 10.0. The van der Waals surface area contributed by atoms with Gasteiger partial charge in [0.2, 0.25) is 10.0 Å². The van der Waals surface area contributed by atoms with Crippen molar-refractivity contribution in [3.63, 3.8) is 0 Å². The molecule has 0 atom stereocenters. The van der Waals surface area contributed by atoms with Crippen molar-refractivity contribution in [1.29, 1.82) is 0 Å². The lowest BCUT2D eigenvalue weighted by Crippen LogP contribution is -2.36. The fourth-order valence-electron chi connectivity index (χ4n) is 5.48. The number of anilines is 1. The zero-order valence-electron chi connectivity index (χ0n) is 26.6. The van der Waals surface area contributed by atoms with Crippen LogP contribution in [0.2, 0.25) is 0 Å². The molecule has 0 radical (unpaired) electrons. The summed E-state index contributed by atoms with van der Waals surface area (Å²) >= 11 is 1.29. The molecular weight excluding hydrogens is 637 g/mol. The first-order chi connectivity index (χ1) is 22.6. The zero-order valence-corrected chi connectivity index (χ0v) is 28.2. The van der Waals surface area contributed by atoms with Crippen LogP contribution in [0, 0.1) is 0 Å². The predicted molar refractivity (Wildman–Crippen MR) is 182 cm³/mol. The molecule has 1 aliphatic rings. The number of hydrogen-bond donors (Lipinski definition) is 2. The van der Waals surface area contributed by atoms with E-state index >= 15 is 0 Å². The lowest BCUT2D eigenvalue weighted by molar-refractivity contribution is 0.0924. The maximum atomic E-state index is 13.6. The second-order valence-corrected chi connectivity index (χ2v) is 14.4. The summed E-state index contributed by atoms with van der Waals surface area (Å²) in [7, 11) is -3.86. The summed E-state index contributed by atoms with van der Waals surface area (Å²) in [6.45, 7) is 7.60. The molecule has 0 saturated carbocycles. The highest BCUT2D eigenvalue weighted by Crippen LogP contribution is 2.38. The third-order valence-electron chi connectivity index (χ3n) is 7.81. The fraction of sp³-hybridized carbons (Fsp3) is 0.286. The molecule has 4 aromatic rings. The van der Waals surface area contributed by atoms with E-state index in [-0.39, 0.29) is 35.2 Å². The summed E-state index contributed by atoms with van der Waals surface area (Å²) < 4.78 is 33.5. The molecule has 0 spiro atoms. The summed E-state index contributed by atoms with van der Waals surface area (Å²) in [5.74, 6) is -1.16. The number of fused-ring (bicyclic) bond motifs is 1. The van der Waals surface area contributed by atoms with Gasteiger partial charge in [-0.1, -0.05) is 60.7 Å². The van der Waals surface area contributed by atoms with Gasteiger partial charge in [-0.15, -0.1) is 11.3 Å². The summed E-state index contributed by atoms with van der Waals surface area (Å²) in [5.41, 5.74) is 3.27. The first kappa shape index (κ1) is 34.0. The highest BCUT2D eigenvalue weighted by atomic mass is 32.2. The number of carbonyl (C=O) groups excluding carboxylic acids is 3. The Morgan fingerprint density at radius 2 is 1.55 bits per heavy atom. The number of imide groups is 1. The van der Waals surface area contributed by atoms with Crippen LogP contribution >= 0.6 is 11.3 Å². The third kappa shape index (κ3) is 8.14. The van der Waals surface area contributed by atoms with E-state index in [0.29, 0.717) is 24.5 Å². The van der Waals surface area contributed by atoms with Crippen molar-refractivity contribution in [2.75, 3.05) is 18.5 Å². The monoisotopic (exact) mass is 674 g/mol. The molecule has 0 fully saturated rings. The van der Waals surface area contributed by atoms with Crippen LogP contribution in [-0.2, 0) is 40.8 Å². The molecule has 0 aliphatic carbocycles. The van der Waals surface area contributed by atoms with Crippen molar-refractivity contribution in [2.24, 2.45) is 0 Å². The van der Waals surface area contributed by atoms with E-state index in [1.807, 2.05) is 62.4 Å². The van der Waals surface area contributed by atoms with Gasteiger partial charge in [0.1, 0.15) is 5.00 Å². The first-order valence-corrected chi connectivity index (χ1v) is 17.7. The third-order valence-corrected chi connectivity index (χ3v) is 11.0. The summed E-state index contributed by atoms with van der Waals surface area (Å²) in [6.07, 6.45) is -0.308. The summed E-state index contributed by atoms with van der Waals surface area (Å²) in [6, 6.07) is 24.9. The normalized spacial score (nSPS) is 13.3. The number of nitrogens with zero attached hydrogens (tertiary/aromatic N) is 2. The number of hydrogen-bond acceptors (Lipinski definition) is 8. The maximum absolute atomic E-state index is 13.6. The zero-order chi connectivity index (χ0) is 33.6. The minimum absolute atomic E-state index is 0.0679. The van der Waals surface area contributed by atoms with Crippen LogP contribution in [0.15, 0.2) is 89.8 Å². The second-order valence-electron chi connectivity index (χ2n) is 11.4. The van der Waals surface area contributed by atoms with Gasteiger partial charge in [-0.05, 0) is 68.1 Å². The maximum Gasteiger partial charge on any atom is 0.414 e. The van der Waals surface area contributed by atoms with Crippen molar-refractivity contribution < 1.29 is 27.5 Å². The Labute approximate surface area is 279 Å². The van der Waals surface area contributed by atoms with E-state index in [1.54, 1.807) is 6.92 Å². The molecule has 2 heterocycles. The van der Waals surface area contributed by atoms with E-state index in [4.69, 9.17) is 4.74 Å². The highest BCUT2D eigenvalue weighted by Gasteiger charge is 2.31. The van der Waals surface area contributed by atoms with Crippen LogP contribution in [0.4, 0.5) is 9.80 Å². The van der Waals surface area contributed by atoms with Crippen LogP contribution in [0.5, 0.6) is 0 Å². The minimum Gasteiger partial charge on any atom is -0.450 e. The molecule has 0 bridgehead atoms. The van der Waals surface area contributed by atoms with E-state index in [2.05, 4.69) is 27.7 Å². The molecule has 10 nitrogen and oxygen atoms in total. The molecule has 1 aromatic heterocycles. The number of rotatable bonds is 11. The average molecular weight is 675 g/mol. The van der Waals surface area contributed by atoms with Gasteiger partial charge in [-0.3, -0.25) is 19.8 Å². The van der Waals surface area contributed by atoms with E-state index in [1.165, 1.54) is 45.5 Å². The van der Waals surface area contributed by atoms with E-state index in [9.17, 15) is 22.8 Å². The molecule has 0 saturated heterocycles. The number of carbonyl (C=O) groups is 3. The second kappa shape index (κ2) is 15.0. The molecule has 0 unspecified atom stereocenters. The van der Waals surface area contributed by atoms with Gasteiger partial charge in [0.25, 0.3) is 11.8 Å². The number of ether oxygens (including phenoxy) is 1. The van der Waals surface area contributed by atoms with Gasteiger partial charge in [0.05, 0.1) is 17.1 Å². The topological polar surface area (TPSA) is 125 Å². The van der Waals surface area contributed by atoms with Gasteiger partial charge >= 0.3 is 6.09 Å². The Hall–Kier alpha value is -4.36. The molecule has 1 aliphatic heterocycles. The number of alkyl carbamates (subject to hydrolysis) is 1. The summed E-state index contributed by atoms with van der Waals surface area (Å²) in [4.78, 5) is 42.2. The van der Waals surface area contributed by atoms with Crippen molar-refractivity contribution in [3.8, 4) is 0 Å². The van der Waals surface area contributed by atoms with Gasteiger partial charge in [0.15, 0.2) is 0 Å². The average Bonchev–Trinajstić information content (AvgIpc) is 3.41. The molecule has 5 rings (SSSR count). The Morgan fingerprint density at radius 1 is 0.915 bits per heavy atom. The SMILES string of the molecule is CCOC(=O)NC(=O)c1c(NC(=O)c2ccc(S(=O)(=O)N(Cc3ccccc3)C(C)C)cc2)sc2c1CCN(Cc1ccccc1)C2. The van der Waals surface area contributed by atoms with Crippen molar-refractivity contribution >= 4 is 44.3 Å². The largest absolute Gasteiger partial charge is 0.450 e. The molecule has 3 amide bonds. The lowest BCUT2D eigenvalue weighted by Gasteiger charge is -2.27. The van der Waals surface area contributed by atoms with Crippen LogP contribution in [0.1, 0.15) is 63.1 Å². The van der Waals surface area contributed by atoms with E-state index < -0.39 is 27.9 Å². The Balaban J connectivity index is 1.37. The standard InChI is InChI=1S/C35H38N4O6S2/c1-4-45-35(42)37-33(41)31-29-19-20-38(21-25-11-7-5-8-12-25)23-30(29)46-34(31)36-32(40)27-15-17-28(18-16-27)47(43,44)39(24(2)3)22-26-13-9-6-10-14-26/h5-18,24H,4,19-23H2,1-3H3,(H,36,40)(H,37,41,42). The van der Waals surface area contributed by atoms with Crippen LogP contribution < -0.4 is 10.6 Å².